The maximum atomic E-state index is 13.5. The summed E-state index contributed by atoms with van der Waals surface area (Å²) in [6.45, 7) is 0. The monoisotopic (exact) mass is 529 g/mol. The lowest BCUT2D eigenvalue weighted by molar-refractivity contribution is -0.123. The van der Waals surface area contributed by atoms with Gasteiger partial charge in [0.15, 0.2) is 0 Å². The maximum absolute atomic E-state index is 13.5. The Kier molecular flexibility index (Phi) is 9.56. The Hall–Kier alpha value is -4.33. The normalized spacial score (nSPS) is 14.5. The molecular weight excluding hydrogens is 494 g/mol. The zero-order valence-electron chi connectivity index (χ0n) is 22.1. The van der Waals surface area contributed by atoms with Gasteiger partial charge in [-0.2, -0.15) is 0 Å². The van der Waals surface area contributed by atoms with Gasteiger partial charge in [-0.25, -0.2) is 0 Å². The Morgan fingerprint density at radius 2 is 1.54 bits per heavy atom. The molecule has 8 heteroatoms. The minimum absolute atomic E-state index is 0.0790. The van der Waals surface area contributed by atoms with Crippen LogP contribution in [0, 0.1) is 0 Å². The number of amides is 3. The highest BCUT2D eigenvalue weighted by molar-refractivity contribution is 6.09. The largest absolute Gasteiger partial charge is 0.508 e. The van der Waals surface area contributed by atoms with Gasteiger partial charge in [0.1, 0.15) is 17.5 Å². The number of carbonyl (C=O) groups excluding carboxylic acids is 3. The van der Waals surface area contributed by atoms with Crippen LogP contribution in [-0.2, 0) is 11.2 Å². The summed E-state index contributed by atoms with van der Waals surface area (Å²) < 4.78 is 5.15. The minimum Gasteiger partial charge on any atom is -0.508 e. The number of hydrogen-bond acceptors (Lipinski definition) is 5. The molecule has 0 aromatic heterocycles. The van der Waals surface area contributed by atoms with Gasteiger partial charge in [-0.05, 0) is 66.9 Å². The summed E-state index contributed by atoms with van der Waals surface area (Å²) in [6.07, 6.45) is 6.57. The van der Waals surface area contributed by atoms with Gasteiger partial charge < -0.3 is 25.8 Å². The second-order valence-electron chi connectivity index (χ2n) is 9.82. The second kappa shape index (κ2) is 13.5. The number of para-hydroxylation sites is 1. The molecule has 0 bridgehead atoms. The van der Waals surface area contributed by atoms with Crippen LogP contribution in [0.5, 0.6) is 11.5 Å². The van der Waals surface area contributed by atoms with E-state index in [1.54, 1.807) is 79.9 Å². The fourth-order valence-corrected chi connectivity index (χ4v) is 4.77. The molecule has 0 radical (unpaired) electrons. The van der Waals surface area contributed by atoms with Crippen LogP contribution >= 0.6 is 0 Å². The number of benzene rings is 3. The standard InChI is InChI=1S/C31H35N3O5/c1-39-25-18-14-22(15-19-25)29(36)33-27-11-7-6-10-26(27)30(37)34-28(20-21-12-16-24(35)17-13-21)31(38)32-23-8-4-2-3-5-9-23/h6-7,10-19,23,28,35H,2-5,8-9,20H2,1H3,(H,32,38)(H,33,36)(H,34,37). The molecule has 1 aliphatic carbocycles. The number of nitrogens with one attached hydrogen (secondary N) is 3. The molecular formula is C31H35N3O5. The van der Waals surface area contributed by atoms with Crippen molar-refractivity contribution in [3.05, 3.63) is 89.5 Å². The number of hydrogen-bond donors (Lipinski definition) is 4. The van der Waals surface area contributed by atoms with Gasteiger partial charge in [-0.15, -0.1) is 0 Å². The summed E-state index contributed by atoms with van der Waals surface area (Å²) in [4.78, 5) is 39.7. The Bertz CT molecular complexity index is 1270. The molecule has 1 fully saturated rings. The lowest BCUT2D eigenvalue weighted by Gasteiger charge is -2.23. The molecule has 1 saturated carbocycles. The third-order valence-corrected chi connectivity index (χ3v) is 6.97. The van der Waals surface area contributed by atoms with Crippen LogP contribution in [0.25, 0.3) is 0 Å². The fourth-order valence-electron chi connectivity index (χ4n) is 4.77. The molecule has 39 heavy (non-hydrogen) atoms. The molecule has 3 aromatic rings. The van der Waals surface area contributed by atoms with Crippen molar-refractivity contribution in [3.8, 4) is 11.5 Å². The smallest absolute Gasteiger partial charge is 0.255 e. The summed E-state index contributed by atoms with van der Waals surface area (Å²) >= 11 is 0. The van der Waals surface area contributed by atoms with Gasteiger partial charge in [0.05, 0.1) is 18.4 Å². The highest BCUT2D eigenvalue weighted by atomic mass is 16.5. The first-order valence-electron chi connectivity index (χ1n) is 13.4. The first-order chi connectivity index (χ1) is 18.9. The predicted molar refractivity (Wildman–Crippen MR) is 150 cm³/mol. The predicted octanol–water partition coefficient (Wildman–Crippen LogP) is 4.83. The van der Waals surface area contributed by atoms with E-state index in [9.17, 15) is 19.5 Å². The van der Waals surface area contributed by atoms with Gasteiger partial charge in [-0.3, -0.25) is 14.4 Å². The Labute approximate surface area is 228 Å². The lowest BCUT2D eigenvalue weighted by atomic mass is 10.0. The molecule has 0 spiro atoms. The number of methoxy groups -OCH3 is 1. The Morgan fingerprint density at radius 1 is 0.872 bits per heavy atom. The average Bonchev–Trinajstić information content (AvgIpc) is 3.22. The molecule has 3 amide bonds. The van der Waals surface area contributed by atoms with Crippen LogP contribution < -0.4 is 20.7 Å². The van der Waals surface area contributed by atoms with Gasteiger partial charge in [0, 0.05) is 18.0 Å². The van der Waals surface area contributed by atoms with E-state index in [1.807, 2.05) is 0 Å². The van der Waals surface area contributed by atoms with Crippen LogP contribution in [0.3, 0.4) is 0 Å². The van der Waals surface area contributed by atoms with Crippen LogP contribution in [0.2, 0.25) is 0 Å². The van der Waals surface area contributed by atoms with Gasteiger partial charge >= 0.3 is 0 Å². The molecule has 0 heterocycles. The molecule has 204 valence electrons. The molecule has 8 nitrogen and oxygen atoms in total. The van der Waals surface area contributed by atoms with Crippen molar-refractivity contribution in [2.75, 3.05) is 12.4 Å². The third kappa shape index (κ3) is 7.83. The molecule has 0 aliphatic heterocycles. The first kappa shape index (κ1) is 27.7. The highest BCUT2D eigenvalue weighted by Crippen LogP contribution is 2.20. The van der Waals surface area contributed by atoms with E-state index in [2.05, 4.69) is 16.0 Å². The van der Waals surface area contributed by atoms with Crippen molar-refractivity contribution in [2.45, 2.75) is 57.0 Å². The Balaban J connectivity index is 1.51. The lowest BCUT2D eigenvalue weighted by Crippen LogP contribution is -2.50. The maximum Gasteiger partial charge on any atom is 0.255 e. The number of phenolic OH excluding ortho intramolecular Hbond substituents is 1. The van der Waals surface area contributed by atoms with Gasteiger partial charge in [0.2, 0.25) is 5.91 Å². The molecule has 3 aromatic carbocycles. The van der Waals surface area contributed by atoms with E-state index in [-0.39, 0.29) is 35.6 Å². The van der Waals surface area contributed by atoms with Crippen molar-refractivity contribution >= 4 is 23.4 Å². The molecule has 1 aliphatic rings. The van der Waals surface area contributed by atoms with Crippen LogP contribution in [0.15, 0.2) is 72.8 Å². The second-order valence-corrected chi connectivity index (χ2v) is 9.82. The van der Waals surface area contributed by atoms with Crippen molar-refractivity contribution in [1.82, 2.24) is 10.6 Å². The van der Waals surface area contributed by atoms with Crippen molar-refractivity contribution in [3.63, 3.8) is 0 Å². The van der Waals surface area contributed by atoms with E-state index in [0.717, 1.165) is 31.2 Å². The summed E-state index contributed by atoms with van der Waals surface area (Å²) in [6, 6.07) is 19.2. The molecule has 1 atom stereocenters. The summed E-state index contributed by atoms with van der Waals surface area (Å²) in [5.41, 5.74) is 1.80. The van der Waals surface area contributed by atoms with Crippen LogP contribution in [0.1, 0.15) is 64.8 Å². The molecule has 4 N–H and O–H groups in total. The number of rotatable bonds is 9. The molecule has 0 saturated heterocycles. The number of anilines is 1. The zero-order chi connectivity index (χ0) is 27.6. The third-order valence-electron chi connectivity index (χ3n) is 6.97. The number of aromatic hydroxyl groups is 1. The quantitative estimate of drug-likeness (QED) is 0.296. The van der Waals surface area contributed by atoms with Crippen molar-refractivity contribution in [2.24, 2.45) is 0 Å². The van der Waals surface area contributed by atoms with E-state index in [4.69, 9.17) is 4.74 Å². The van der Waals surface area contributed by atoms with Gasteiger partial charge in [0.25, 0.3) is 11.8 Å². The summed E-state index contributed by atoms with van der Waals surface area (Å²) in [5, 5.41) is 18.5. The van der Waals surface area contributed by atoms with Crippen LogP contribution in [0.4, 0.5) is 5.69 Å². The number of ether oxygens (including phenoxy) is 1. The van der Waals surface area contributed by atoms with E-state index in [1.165, 1.54) is 12.8 Å². The average molecular weight is 530 g/mol. The Morgan fingerprint density at radius 3 is 2.21 bits per heavy atom. The minimum atomic E-state index is -0.837. The number of phenols is 1. The van der Waals surface area contributed by atoms with Crippen molar-refractivity contribution < 1.29 is 24.2 Å². The summed E-state index contributed by atoms with van der Waals surface area (Å²) in [7, 11) is 1.55. The van der Waals surface area contributed by atoms with Gasteiger partial charge in [-0.1, -0.05) is 49.9 Å². The van der Waals surface area contributed by atoms with E-state index in [0.29, 0.717) is 17.0 Å². The van der Waals surface area contributed by atoms with E-state index < -0.39 is 11.9 Å². The van der Waals surface area contributed by atoms with Crippen LogP contribution in [-0.4, -0.2) is 42.0 Å². The first-order valence-corrected chi connectivity index (χ1v) is 13.4. The summed E-state index contributed by atoms with van der Waals surface area (Å²) in [5.74, 6) is -0.329. The topological polar surface area (TPSA) is 117 Å². The fraction of sp³-hybridized carbons (Fsp3) is 0.323. The highest BCUT2D eigenvalue weighted by Gasteiger charge is 2.26. The molecule has 1 unspecified atom stereocenters. The van der Waals surface area contributed by atoms with Crippen molar-refractivity contribution in [1.29, 1.82) is 0 Å². The number of carbonyl (C=O) groups is 3. The SMILES string of the molecule is COc1ccc(C(=O)Nc2ccccc2C(=O)NC(Cc2ccc(O)cc2)C(=O)NC2CCCCCC2)cc1. The van der Waals surface area contributed by atoms with E-state index >= 15 is 0 Å². The zero-order valence-corrected chi connectivity index (χ0v) is 22.1. The molecule has 4 rings (SSSR count).